The first-order valence-electron chi connectivity index (χ1n) is 7.36. The van der Waals surface area contributed by atoms with Crippen molar-refractivity contribution in [3.63, 3.8) is 0 Å². The van der Waals surface area contributed by atoms with Crippen molar-refractivity contribution in [1.82, 2.24) is 9.88 Å². The van der Waals surface area contributed by atoms with Crippen LogP contribution in [0.2, 0.25) is 0 Å². The second-order valence-electron chi connectivity index (χ2n) is 6.11. The van der Waals surface area contributed by atoms with Crippen molar-refractivity contribution in [3.05, 3.63) is 45.4 Å². The second-order valence-corrected chi connectivity index (χ2v) is 7.05. The fourth-order valence-electron chi connectivity index (χ4n) is 2.80. The number of hydrogen-bond acceptors (Lipinski definition) is 2. The first-order valence-corrected chi connectivity index (χ1v) is 8.24. The molecule has 2 aromatic rings. The van der Waals surface area contributed by atoms with E-state index < -0.39 is 0 Å². The minimum absolute atomic E-state index is 0.199. The Morgan fingerprint density at radius 2 is 2.05 bits per heavy atom. The molecule has 0 aliphatic rings. The number of rotatable bonds is 6. The summed E-state index contributed by atoms with van der Waals surface area (Å²) in [6.45, 7) is 14.2. The fraction of sp³-hybridized carbons (Fsp3) is 0.529. The Balaban J connectivity index is 1.97. The standard InChI is InChI=1S/C17H26N2S/c1-6-19-13(2)10-15(14(19)3)11-18-12-17(4,5)16-8-7-9-20-16/h7-10,18H,6,11-12H2,1-5H3. The van der Waals surface area contributed by atoms with Crippen LogP contribution in [0.1, 0.15) is 42.6 Å². The van der Waals surface area contributed by atoms with Gasteiger partial charge in [0.2, 0.25) is 0 Å². The lowest BCUT2D eigenvalue weighted by atomic mass is 9.91. The molecule has 2 nitrogen and oxygen atoms in total. The van der Waals surface area contributed by atoms with Crippen LogP contribution in [0.25, 0.3) is 0 Å². The van der Waals surface area contributed by atoms with Gasteiger partial charge in [-0.2, -0.15) is 0 Å². The van der Waals surface area contributed by atoms with E-state index in [1.807, 2.05) is 11.3 Å². The van der Waals surface area contributed by atoms with Crippen LogP contribution < -0.4 is 5.32 Å². The van der Waals surface area contributed by atoms with Gasteiger partial charge in [-0.15, -0.1) is 11.3 Å². The third-order valence-electron chi connectivity index (χ3n) is 4.07. The zero-order valence-electron chi connectivity index (χ0n) is 13.3. The molecule has 0 spiro atoms. The van der Waals surface area contributed by atoms with Crippen LogP contribution in [-0.2, 0) is 18.5 Å². The van der Waals surface area contributed by atoms with E-state index in [9.17, 15) is 0 Å². The summed E-state index contributed by atoms with van der Waals surface area (Å²) < 4.78 is 2.38. The maximum absolute atomic E-state index is 3.63. The summed E-state index contributed by atoms with van der Waals surface area (Å²) >= 11 is 1.85. The highest BCUT2D eigenvalue weighted by atomic mass is 32.1. The van der Waals surface area contributed by atoms with Crippen LogP contribution in [0, 0.1) is 13.8 Å². The molecule has 2 heterocycles. The van der Waals surface area contributed by atoms with Crippen molar-refractivity contribution in [2.75, 3.05) is 6.54 Å². The smallest absolute Gasteiger partial charge is 0.0223 e. The Kier molecular flexibility index (Phi) is 4.71. The summed E-state index contributed by atoms with van der Waals surface area (Å²) in [5.74, 6) is 0. The Bertz CT molecular complexity index is 550. The molecule has 0 aromatic carbocycles. The average molecular weight is 290 g/mol. The van der Waals surface area contributed by atoms with Gasteiger partial charge in [0.05, 0.1) is 0 Å². The molecule has 0 saturated carbocycles. The van der Waals surface area contributed by atoms with Crippen molar-refractivity contribution in [3.8, 4) is 0 Å². The average Bonchev–Trinajstić information content (AvgIpc) is 2.99. The number of aryl methyl sites for hydroxylation is 1. The molecule has 2 rings (SSSR count). The first kappa shape index (κ1) is 15.3. The van der Waals surface area contributed by atoms with Crippen LogP contribution >= 0.6 is 11.3 Å². The lowest BCUT2D eigenvalue weighted by Gasteiger charge is -2.23. The van der Waals surface area contributed by atoms with Gasteiger partial charge in [0.15, 0.2) is 0 Å². The van der Waals surface area contributed by atoms with Crippen LogP contribution in [0.3, 0.4) is 0 Å². The maximum Gasteiger partial charge on any atom is 0.0223 e. The van der Waals surface area contributed by atoms with E-state index >= 15 is 0 Å². The summed E-state index contributed by atoms with van der Waals surface area (Å²) in [4.78, 5) is 1.45. The van der Waals surface area contributed by atoms with Gasteiger partial charge in [0.25, 0.3) is 0 Å². The van der Waals surface area contributed by atoms with Gasteiger partial charge >= 0.3 is 0 Å². The first-order chi connectivity index (χ1) is 9.45. The van der Waals surface area contributed by atoms with Crippen molar-refractivity contribution < 1.29 is 0 Å². The van der Waals surface area contributed by atoms with Gasteiger partial charge in [0, 0.05) is 41.3 Å². The van der Waals surface area contributed by atoms with Crippen molar-refractivity contribution >= 4 is 11.3 Å². The third kappa shape index (κ3) is 3.15. The number of thiophene rings is 1. The molecule has 0 bridgehead atoms. The normalized spacial score (nSPS) is 12.1. The summed E-state index contributed by atoms with van der Waals surface area (Å²) in [6.07, 6.45) is 0. The molecule has 0 amide bonds. The summed E-state index contributed by atoms with van der Waals surface area (Å²) in [5.41, 5.74) is 4.38. The predicted octanol–water partition coefficient (Wildman–Crippen LogP) is 4.25. The quantitative estimate of drug-likeness (QED) is 0.841. The molecule has 2 aromatic heterocycles. The highest BCUT2D eigenvalue weighted by Crippen LogP contribution is 2.26. The summed E-state index contributed by atoms with van der Waals surface area (Å²) in [6, 6.07) is 6.68. The zero-order chi connectivity index (χ0) is 14.8. The Morgan fingerprint density at radius 1 is 1.30 bits per heavy atom. The van der Waals surface area contributed by atoms with E-state index in [-0.39, 0.29) is 5.41 Å². The molecule has 0 aliphatic heterocycles. The SMILES string of the molecule is CCn1c(C)cc(CNCC(C)(C)c2cccs2)c1C. The molecule has 0 radical (unpaired) electrons. The van der Waals surface area contributed by atoms with Gasteiger partial charge in [-0.25, -0.2) is 0 Å². The molecule has 0 atom stereocenters. The van der Waals surface area contributed by atoms with E-state index in [4.69, 9.17) is 0 Å². The molecule has 0 saturated heterocycles. The van der Waals surface area contributed by atoms with Crippen molar-refractivity contribution in [2.24, 2.45) is 0 Å². The molecular weight excluding hydrogens is 264 g/mol. The van der Waals surface area contributed by atoms with E-state index in [1.165, 1.54) is 21.8 Å². The van der Waals surface area contributed by atoms with Gasteiger partial charge in [0.1, 0.15) is 0 Å². The summed E-state index contributed by atoms with van der Waals surface area (Å²) in [5, 5.41) is 5.79. The molecule has 1 N–H and O–H groups in total. The largest absolute Gasteiger partial charge is 0.349 e. The van der Waals surface area contributed by atoms with Crippen LogP contribution in [0.5, 0.6) is 0 Å². The lowest BCUT2D eigenvalue weighted by molar-refractivity contribution is 0.476. The van der Waals surface area contributed by atoms with Crippen molar-refractivity contribution in [2.45, 2.75) is 53.1 Å². The lowest BCUT2D eigenvalue weighted by Crippen LogP contribution is -2.32. The number of hydrogen-bond donors (Lipinski definition) is 1. The van der Waals surface area contributed by atoms with Gasteiger partial charge < -0.3 is 9.88 Å². The second kappa shape index (κ2) is 6.15. The molecular formula is C17H26N2S. The monoisotopic (exact) mass is 290 g/mol. The number of nitrogens with one attached hydrogen (secondary N) is 1. The molecule has 0 fully saturated rings. The highest BCUT2D eigenvalue weighted by Gasteiger charge is 2.21. The van der Waals surface area contributed by atoms with E-state index in [0.29, 0.717) is 0 Å². The maximum atomic E-state index is 3.63. The number of nitrogens with zero attached hydrogens (tertiary/aromatic N) is 1. The van der Waals surface area contributed by atoms with Gasteiger partial charge in [-0.1, -0.05) is 19.9 Å². The molecule has 110 valence electrons. The van der Waals surface area contributed by atoms with E-state index in [2.05, 4.69) is 68.1 Å². The highest BCUT2D eigenvalue weighted by molar-refractivity contribution is 7.10. The third-order valence-corrected chi connectivity index (χ3v) is 5.30. The predicted molar refractivity (Wildman–Crippen MR) is 88.6 cm³/mol. The minimum atomic E-state index is 0.199. The topological polar surface area (TPSA) is 17.0 Å². The van der Waals surface area contributed by atoms with Crippen molar-refractivity contribution in [1.29, 1.82) is 0 Å². The Morgan fingerprint density at radius 3 is 2.60 bits per heavy atom. The van der Waals surface area contributed by atoms with Crippen LogP contribution in [0.15, 0.2) is 23.6 Å². The Hall–Kier alpha value is -1.06. The van der Waals surface area contributed by atoms with E-state index in [1.54, 1.807) is 0 Å². The summed E-state index contributed by atoms with van der Waals surface area (Å²) in [7, 11) is 0. The zero-order valence-corrected chi connectivity index (χ0v) is 14.1. The van der Waals surface area contributed by atoms with E-state index in [0.717, 1.165) is 19.6 Å². The Labute approximate surface area is 126 Å². The van der Waals surface area contributed by atoms with Gasteiger partial charge in [-0.05, 0) is 43.8 Å². The van der Waals surface area contributed by atoms with Gasteiger partial charge in [-0.3, -0.25) is 0 Å². The fourth-order valence-corrected chi connectivity index (χ4v) is 3.65. The molecule has 20 heavy (non-hydrogen) atoms. The van der Waals surface area contributed by atoms with Crippen LogP contribution in [0.4, 0.5) is 0 Å². The van der Waals surface area contributed by atoms with Crippen LogP contribution in [-0.4, -0.2) is 11.1 Å². The number of aromatic nitrogens is 1. The minimum Gasteiger partial charge on any atom is -0.349 e. The molecule has 3 heteroatoms. The molecule has 0 aliphatic carbocycles. The molecule has 0 unspecified atom stereocenters.